The van der Waals surface area contributed by atoms with Gasteiger partial charge in [-0.05, 0) is 48.5 Å². The number of hydrogen-bond donors (Lipinski definition) is 0. The van der Waals surface area contributed by atoms with Crippen molar-refractivity contribution < 1.29 is 18.5 Å². The maximum absolute atomic E-state index is 10.9. The molecule has 0 atom stereocenters. The lowest BCUT2D eigenvalue weighted by Gasteiger charge is -2.27. The van der Waals surface area contributed by atoms with Crippen molar-refractivity contribution in [2.45, 2.75) is 6.42 Å². The molecule has 3 aromatic rings. The number of benzene rings is 3. The Morgan fingerprint density at radius 1 is 0.931 bits per heavy atom. The molecule has 0 saturated heterocycles. The zero-order chi connectivity index (χ0) is 20.6. The molecule has 0 saturated carbocycles. The number of rotatable bonds is 3. The molecule has 29 heavy (non-hydrogen) atoms. The van der Waals surface area contributed by atoms with Crippen LogP contribution in [0.25, 0.3) is 0 Å². The van der Waals surface area contributed by atoms with Crippen LogP contribution in [0.5, 0.6) is 17.2 Å². The second kappa shape index (κ2) is 7.84. The van der Waals surface area contributed by atoms with Crippen molar-refractivity contribution in [1.82, 2.24) is 0 Å². The van der Waals surface area contributed by atoms with Crippen LogP contribution in [0, 0.1) is 10.1 Å². The SMILES string of the molecule is O=[N+]([O-])c1ccc(OP2(=S)Oc3ccc(Cl)cc3Cc3cc(Cl)ccc3O2)cc1. The number of non-ortho nitro benzene ring substituents is 1. The van der Waals surface area contributed by atoms with Gasteiger partial charge in [0.05, 0.1) is 4.92 Å². The van der Waals surface area contributed by atoms with E-state index in [-0.39, 0.29) is 5.69 Å². The summed E-state index contributed by atoms with van der Waals surface area (Å²) in [6, 6.07) is 15.9. The van der Waals surface area contributed by atoms with Gasteiger partial charge in [-0.1, -0.05) is 23.2 Å². The molecule has 6 nitrogen and oxygen atoms in total. The molecule has 0 N–H and O–H groups in total. The Labute approximate surface area is 181 Å². The number of nitro groups is 1. The zero-order valence-electron chi connectivity index (χ0n) is 14.6. The van der Waals surface area contributed by atoms with Crippen LogP contribution in [0.3, 0.4) is 0 Å². The van der Waals surface area contributed by atoms with E-state index in [0.29, 0.717) is 33.7 Å². The van der Waals surface area contributed by atoms with E-state index in [1.165, 1.54) is 24.3 Å². The largest absolute Gasteiger partial charge is 0.490 e. The van der Waals surface area contributed by atoms with Gasteiger partial charge in [0, 0.05) is 51.5 Å². The van der Waals surface area contributed by atoms with E-state index in [9.17, 15) is 10.1 Å². The summed E-state index contributed by atoms with van der Waals surface area (Å²) in [4.78, 5) is 10.4. The van der Waals surface area contributed by atoms with Crippen LogP contribution >= 0.6 is 29.9 Å². The second-order valence-corrected chi connectivity index (χ2v) is 9.81. The highest BCUT2D eigenvalue weighted by Crippen LogP contribution is 2.53. The lowest BCUT2D eigenvalue weighted by molar-refractivity contribution is -0.384. The fraction of sp³-hybridized carbons (Fsp3) is 0.0526. The Hall–Kier alpha value is -2.31. The standard InChI is InChI=1S/C19H12Cl2NO5PS/c20-14-1-7-18-12(10-14)9-13-11-15(21)2-8-19(13)27-28(29,26-18)25-17-5-3-16(4-6-17)22(23)24/h1-8,10-11H,9H2. The third kappa shape index (κ3) is 4.49. The molecule has 10 heteroatoms. The van der Waals surface area contributed by atoms with E-state index in [1.807, 2.05) is 0 Å². The van der Waals surface area contributed by atoms with Crippen LogP contribution in [-0.4, -0.2) is 4.92 Å². The van der Waals surface area contributed by atoms with Crippen molar-refractivity contribution in [1.29, 1.82) is 0 Å². The quantitative estimate of drug-likeness (QED) is 0.246. The molecule has 1 aliphatic heterocycles. The first-order valence-electron chi connectivity index (χ1n) is 8.31. The first kappa shape index (κ1) is 20.0. The number of nitrogens with zero attached hydrogens (tertiary/aromatic N) is 1. The van der Waals surface area contributed by atoms with Gasteiger partial charge in [0.2, 0.25) is 0 Å². The molecular formula is C19H12Cl2NO5PS. The average molecular weight is 468 g/mol. The molecule has 4 rings (SSSR count). The molecule has 0 fully saturated rings. The predicted molar refractivity (Wildman–Crippen MR) is 115 cm³/mol. The van der Waals surface area contributed by atoms with Gasteiger partial charge >= 0.3 is 6.72 Å². The number of halogens is 2. The normalized spacial score (nSPS) is 14.3. The zero-order valence-corrected chi connectivity index (χ0v) is 17.8. The van der Waals surface area contributed by atoms with E-state index in [0.717, 1.165) is 11.1 Å². The van der Waals surface area contributed by atoms with Gasteiger partial charge < -0.3 is 13.6 Å². The van der Waals surface area contributed by atoms with Crippen molar-refractivity contribution >= 4 is 47.4 Å². The molecule has 0 radical (unpaired) electrons. The van der Waals surface area contributed by atoms with Crippen LogP contribution in [-0.2, 0) is 18.2 Å². The van der Waals surface area contributed by atoms with E-state index >= 15 is 0 Å². The molecule has 148 valence electrons. The van der Waals surface area contributed by atoms with E-state index in [1.54, 1.807) is 36.4 Å². The van der Waals surface area contributed by atoms with Gasteiger partial charge in [0.1, 0.15) is 17.2 Å². The van der Waals surface area contributed by atoms with Crippen LogP contribution in [0.1, 0.15) is 11.1 Å². The van der Waals surface area contributed by atoms with Gasteiger partial charge in [0.25, 0.3) is 5.69 Å². The van der Waals surface area contributed by atoms with Crippen LogP contribution in [0.15, 0.2) is 60.7 Å². The maximum Gasteiger partial charge on any atom is 0.490 e. The first-order chi connectivity index (χ1) is 13.8. The molecular weight excluding hydrogens is 456 g/mol. The van der Waals surface area contributed by atoms with Crippen LogP contribution < -0.4 is 13.6 Å². The Morgan fingerprint density at radius 2 is 1.45 bits per heavy atom. The van der Waals surface area contributed by atoms with Crippen molar-refractivity contribution in [2.75, 3.05) is 0 Å². The number of hydrogen-bond acceptors (Lipinski definition) is 6. The molecule has 0 unspecified atom stereocenters. The van der Waals surface area contributed by atoms with Gasteiger partial charge in [-0.15, -0.1) is 0 Å². The Kier molecular flexibility index (Phi) is 5.40. The maximum atomic E-state index is 10.9. The van der Waals surface area contributed by atoms with Gasteiger partial charge in [-0.25, -0.2) is 0 Å². The third-order valence-corrected chi connectivity index (χ3v) is 6.53. The Balaban J connectivity index is 1.75. The summed E-state index contributed by atoms with van der Waals surface area (Å²) in [5, 5.41) is 12.0. The second-order valence-electron chi connectivity index (χ2n) is 6.15. The highest BCUT2D eigenvalue weighted by Gasteiger charge is 2.31. The van der Waals surface area contributed by atoms with Crippen LogP contribution in [0.4, 0.5) is 5.69 Å². The lowest BCUT2D eigenvalue weighted by Crippen LogP contribution is -2.12. The Morgan fingerprint density at radius 3 is 1.93 bits per heavy atom. The van der Waals surface area contributed by atoms with Crippen molar-refractivity contribution in [3.8, 4) is 17.2 Å². The summed E-state index contributed by atoms with van der Waals surface area (Å²) in [6.07, 6.45) is 0.485. The highest BCUT2D eigenvalue weighted by atomic mass is 35.5. The summed E-state index contributed by atoms with van der Waals surface area (Å²) in [5.41, 5.74) is 1.56. The fourth-order valence-corrected chi connectivity index (χ4v) is 5.27. The third-order valence-electron chi connectivity index (χ3n) is 4.11. The minimum Gasteiger partial charge on any atom is -0.407 e. The summed E-state index contributed by atoms with van der Waals surface area (Å²) in [6.45, 7) is -3.36. The van der Waals surface area contributed by atoms with Crippen molar-refractivity contribution in [3.05, 3.63) is 92.0 Å². The summed E-state index contributed by atoms with van der Waals surface area (Å²) >= 11 is 17.9. The van der Waals surface area contributed by atoms with E-state index in [4.69, 9.17) is 48.6 Å². The average Bonchev–Trinajstić information content (AvgIpc) is 2.65. The molecule has 1 heterocycles. The lowest BCUT2D eigenvalue weighted by atomic mass is 10.0. The monoisotopic (exact) mass is 467 g/mol. The molecule has 0 amide bonds. The van der Waals surface area contributed by atoms with E-state index < -0.39 is 11.6 Å². The molecule has 1 aliphatic rings. The van der Waals surface area contributed by atoms with Crippen molar-refractivity contribution in [2.24, 2.45) is 0 Å². The molecule has 0 bridgehead atoms. The van der Waals surface area contributed by atoms with E-state index in [2.05, 4.69) is 0 Å². The first-order valence-corrected chi connectivity index (χ1v) is 11.6. The minimum atomic E-state index is -3.36. The summed E-state index contributed by atoms with van der Waals surface area (Å²) in [5.74, 6) is 1.28. The Bertz CT molecular complexity index is 1100. The van der Waals surface area contributed by atoms with Gasteiger partial charge in [0.15, 0.2) is 0 Å². The smallest absolute Gasteiger partial charge is 0.407 e. The van der Waals surface area contributed by atoms with Crippen LogP contribution in [0.2, 0.25) is 10.0 Å². The summed E-state index contributed by atoms with van der Waals surface area (Å²) in [7, 11) is 0. The predicted octanol–water partition coefficient (Wildman–Crippen LogP) is 6.57. The van der Waals surface area contributed by atoms with Crippen molar-refractivity contribution in [3.63, 3.8) is 0 Å². The molecule has 0 aliphatic carbocycles. The molecule has 0 spiro atoms. The van der Waals surface area contributed by atoms with Gasteiger partial charge in [-0.3, -0.25) is 10.1 Å². The number of nitro benzene ring substituents is 1. The number of fused-ring (bicyclic) bond motifs is 2. The highest BCUT2D eigenvalue weighted by molar-refractivity contribution is 8.08. The molecule has 3 aromatic carbocycles. The minimum absolute atomic E-state index is 0.0615. The fourth-order valence-electron chi connectivity index (χ4n) is 2.81. The van der Waals surface area contributed by atoms with Gasteiger partial charge in [-0.2, -0.15) is 0 Å². The summed E-state index contributed by atoms with van der Waals surface area (Å²) < 4.78 is 17.9. The topological polar surface area (TPSA) is 70.8 Å². The molecule has 0 aromatic heterocycles.